The van der Waals surface area contributed by atoms with Gasteiger partial charge in [0.1, 0.15) is 17.3 Å². The van der Waals surface area contributed by atoms with Crippen LogP contribution in [0.15, 0.2) is 82.1 Å². The third-order valence-corrected chi connectivity index (χ3v) is 6.84. The van der Waals surface area contributed by atoms with E-state index >= 15 is 0 Å². The minimum Gasteiger partial charge on any atom is -0.489 e. The molecule has 0 saturated carbocycles. The van der Waals surface area contributed by atoms with Crippen molar-refractivity contribution in [3.05, 3.63) is 87.5 Å². The number of amides is 1. The van der Waals surface area contributed by atoms with Gasteiger partial charge in [0.25, 0.3) is 15.9 Å². The zero-order valence-corrected chi connectivity index (χ0v) is 20.2. The van der Waals surface area contributed by atoms with Crippen molar-refractivity contribution in [1.29, 1.82) is 0 Å². The van der Waals surface area contributed by atoms with Crippen LogP contribution in [0, 0.1) is 3.57 Å². The van der Waals surface area contributed by atoms with Crippen molar-refractivity contribution in [2.75, 3.05) is 11.9 Å². The van der Waals surface area contributed by atoms with Crippen molar-refractivity contribution in [3.8, 4) is 5.75 Å². The van der Waals surface area contributed by atoms with Gasteiger partial charge in [0.05, 0.1) is 11.8 Å². The monoisotopic (exact) mass is 577 g/mol. The topological polar surface area (TPSA) is 117 Å². The standard InChI is InChI=1S/C23H20IN3O5S/c24-17-9-10-19-21(12-17)33(30,31)27-22(26-19)23(29)25-13-20(28)16-7-4-8-18(11-16)32-14-15-5-2-1-3-6-15/h1-12,20,28H,13-14H2,(H,25,29)(H,26,27). The van der Waals surface area contributed by atoms with Crippen LogP contribution in [0.5, 0.6) is 5.75 Å². The zero-order chi connectivity index (χ0) is 23.4. The van der Waals surface area contributed by atoms with Crippen LogP contribution in [0.25, 0.3) is 0 Å². The van der Waals surface area contributed by atoms with E-state index < -0.39 is 22.0 Å². The highest BCUT2D eigenvalue weighted by Crippen LogP contribution is 2.28. The number of sulfonamides is 1. The molecule has 3 aromatic rings. The molecule has 1 amide bonds. The fraction of sp³-hybridized carbons (Fsp3) is 0.130. The molecular weight excluding hydrogens is 557 g/mol. The summed E-state index contributed by atoms with van der Waals surface area (Å²) in [5, 5.41) is 15.8. The fourth-order valence-corrected chi connectivity index (χ4v) is 5.02. The van der Waals surface area contributed by atoms with Crippen LogP contribution >= 0.6 is 22.6 Å². The lowest BCUT2D eigenvalue weighted by Crippen LogP contribution is -2.39. The molecule has 3 aromatic carbocycles. The Balaban J connectivity index is 1.38. The van der Waals surface area contributed by atoms with Crippen LogP contribution in [0.2, 0.25) is 0 Å². The average molecular weight is 577 g/mol. The maximum absolute atomic E-state index is 12.5. The number of benzene rings is 3. The number of carbonyl (C=O) groups is 1. The second-order valence-electron chi connectivity index (χ2n) is 7.25. The number of nitrogens with zero attached hydrogens (tertiary/aromatic N) is 1. The predicted octanol–water partition coefficient (Wildman–Crippen LogP) is 3.23. The summed E-state index contributed by atoms with van der Waals surface area (Å²) in [5.74, 6) is -0.508. The third kappa shape index (κ3) is 5.70. The molecule has 0 bridgehead atoms. The number of nitrogens with one attached hydrogen (secondary N) is 2. The Morgan fingerprint density at radius 3 is 2.67 bits per heavy atom. The molecule has 0 saturated heterocycles. The third-order valence-electron chi connectivity index (χ3n) is 4.85. The quantitative estimate of drug-likeness (QED) is 0.372. The van der Waals surface area contributed by atoms with Crippen molar-refractivity contribution in [3.63, 3.8) is 0 Å². The molecule has 0 radical (unpaired) electrons. The van der Waals surface area contributed by atoms with Crippen molar-refractivity contribution in [2.45, 2.75) is 17.6 Å². The van der Waals surface area contributed by atoms with Crippen molar-refractivity contribution >= 4 is 50.0 Å². The molecule has 1 aliphatic heterocycles. The molecule has 170 valence electrons. The number of halogens is 1. The smallest absolute Gasteiger partial charge is 0.288 e. The van der Waals surface area contributed by atoms with Crippen LogP contribution in [0.1, 0.15) is 17.2 Å². The van der Waals surface area contributed by atoms with Crippen LogP contribution in [-0.4, -0.2) is 31.8 Å². The number of aliphatic hydroxyl groups excluding tert-OH is 1. The van der Waals surface area contributed by atoms with Gasteiger partial charge in [-0.05, 0) is 64.0 Å². The van der Waals surface area contributed by atoms with Crippen LogP contribution in [0.4, 0.5) is 5.69 Å². The number of fused-ring (bicyclic) bond motifs is 1. The molecule has 10 heteroatoms. The summed E-state index contributed by atoms with van der Waals surface area (Å²) in [4.78, 5) is 12.5. The van der Waals surface area contributed by atoms with Gasteiger partial charge >= 0.3 is 0 Å². The number of amidine groups is 1. The Hall–Kier alpha value is -2.96. The van der Waals surface area contributed by atoms with E-state index in [1.165, 1.54) is 6.07 Å². The molecule has 1 atom stereocenters. The van der Waals surface area contributed by atoms with Gasteiger partial charge < -0.3 is 20.5 Å². The molecule has 3 N–H and O–H groups in total. The Morgan fingerprint density at radius 2 is 1.88 bits per heavy atom. The number of hydrogen-bond acceptors (Lipinski definition) is 6. The largest absolute Gasteiger partial charge is 0.489 e. The van der Waals surface area contributed by atoms with Gasteiger partial charge in [-0.1, -0.05) is 42.5 Å². The maximum atomic E-state index is 12.5. The first-order valence-electron chi connectivity index (χ1n) is 9.96. The van der Waals surface area contributed by atoms with Crippen LogP contribution in [0.3, 0.4) is 0 Å². The van der Waals surface area contributed by atoms with E-state index in [2.05, 4.69) is 15.0 Å². The summed E-state index contributed by atoms with van der Waals surface area (Å²) < 4.78 is 34.9. The number of anilines is 1. The number of carbonyl (C=O) groups excluding carboxylic acids is 1. The lowest BCUT2D eigenvalue weighted by atomic mass is 10.1. The highest BCUT2D eigenvalue weighted by atomic mass is 127. The Labute approximate surface area is 204 Å². The molecule has 1 aliphatic rings. The van der Waals surface area contributed by atoms with Crippen LogP contribution in [-0.2, 0) is 21.4 Å². The van der Waals surface area contributed by atoms with Crippen LogP contribution < -0.4 is 15.4 Å². The highest BCUT2D eigenvalue weighted by molar-refractivity contribution is 14.1. The lowest BCUT2D eigenvalue weighted by molar-refractivity contribution is -0.115. The zero-order valence-electron chi connectivity index (χ0n) is 17.2. The van der Waals surface area contributed by atoms with Gasteiger partial charge in [0, 0.05) is 10.1 Å². The van der Waals surface area contributed by atoms with Crippen molar-refractivity contribution in [2.24, 2.45) is 4.40 Å². The predicted molar refractivity (Wildman–Crippen MR) is 133 cm³/mol. The Bertz CT molecular complexity index is 1310. The van der Waals surface area contributed by atoms with Gasteiger partial charge in [0.2, 0.25) is 5.84 Å². The number of ether oxygens (including phenoxy) is 1. The van der Waals surface area contributed by atoms with Gasteiger partial charge in [-0.2, -0.15) is 8.42 Å². The maximum Gasteiger partial charge on any atom is 0.288 e. The van der Waals surface area contributed by atoms with Crippen molar-refractivity contribution < 1.29 is 23.1 Å². The second kappa shape index (κ2) is 9.89. The first-order valence-corrected chi connectivity index (χ1v) is 12.5. The molecule has 4 rings (SSSR count). The van der Waals surface area contributed by atoms with Gasteiger partial charge in [-0.15, -0.1) is 4.40 Å². The van der Waals surface area contributed by atoms with E-state index in [9.17, 15) is 18.3 Å². The Kier molecular flexibility index (Phi) is 6.96. The Morgan fingerprint density at radius 1 is 1.09 bits per heavy atom. The van der Waals surface area contributed by atoms with Crippen molar-refractivity contribution in [1.82, 2.24) is 5.32 Å². The van der Waals surface area contributed by atoms with E-state index in [0.717, 1.165) is 9.13 Å². The SMILES string of the molecule is O=C(NCC(O)c1cccc(OCc2ccccc2)c1)C1=NS(=O)(=O)c2cc(I)ccc2N1. The average Bonchev–Trinajstić information content (AvgIpc) is 2.82. The number of rotatable bonds is 7. The molecular formula is C23H20IN3O5S. The molecule has 0 aliphatic carbocycles. The van der Waals surface area contributed by atoms with E-state index in [-0.39, 0.29) is 23.0 Å². The minimum absolute atomic E-state index is 0.0123. The fourth-order valence-electron chi connectivity index (χ4n) is 3.17. The lowest BCUT2D eigenvalue weighted by Gasteiger charge is -2.19. The second-order valence-corrected chi connectivity index (χ2v) is 10.1. The van der Waals surface area contributed by atoms with E-state index in [1.54, 1.807) is 36.4 Å². The molecule has 1 unspecified atom stereocenters. The molecule has 1 heterocycles. The first-order chi connectivity index (χ1) is 15.8. The molecule has 0 spiro atoms. The van der Waals surface area contributed by atoms with Gasteiger partial charge in [0.15, 0.2) is 0 Å². The molecule has 0 aromatic heterocycles. The normalized spacial score (nSPS) is 14.9. The molecule has 8 nitrogen and oxygen atoms in total. The number of hydrogen-bond donors (Lipinski definition) is 3. The van der Waals surface area contributed by atoms with Gasteiger partial charge in [-0.3, -0.25) is 4.79 Å². The summed E-state index contributed by atoms with van der Waals surface area (Å²) in [7, 11) is -4.00. The first kappa shape index (κ1) is 23.2. The van der Waals surface area contributed by atoms with E-state index in [4.69, 9.17) is 4.74 Å². The summed E-state index contributed by atoms with van der Waals surface area (Å²) >= 11 is 2.00. The van der Waals surface area contributed by atoms with E-state index in [0.29, 0.717) is 17.9 Å². The summed E-state index contributed by atoms with van der Waals surface area (Å²) in [5.41, 5.74) is 1.84. The molecule has 0 fully saturated rings. The summed E-state index contributed by atoms with van der Waals surface area (Å²) in [6.07, 6.45) is -1.02. The summed E-state index contributed by atoms with van der Waals surface area (Å²) in [6, 6.07) is 21.4. The highest BCUT2D eigenvalue weighted by Gasteiger charge is 2.28. The summed E-state index contributed by atoms with van der Waals surface area (Å²) in [6.45, 7) is 0.249. The number of aliphatic hydroxyl groups is 1. The van der Waals surface area contributed by atoms with E-state index in [1.807, 2.05) is 52.9 Å². The molecule has 33 heavy (non-hydrogen) atoms. The minimum atomic E-state index is -4.00. The van der Waals surface area contributed by atoms with Gasteiger partial charge in [-0.25, -0.2) is 0 Å².